The van der Waals surface area contributed by atoms with Gasteiger partial charge in [0, 0.05) is 6.07 Å². The van der Waals surface area contributed by atoms with Crippen LogP contribution >= 0.6 is 23.2 Å². The highest BCUT2D eigenvalue weighted by molar-refractivity contribution is 6.42. The van der Waals surface area contributed by atoms with Crippen molar-refractivity contribution in [2.24, 2.45) is 0 Å². The number of hydrogen-bond donors (Lipinski definition) is 1. The van der Waals surface area contributed by atoms with Gasteiger partial charge in [0.25, 0.3) is 0 Å². The maximum Gasteiger partial charge on any atom is 0.120 e. The number of ether oxygens (including phenoxy) is 1. The minimum Gasteiger partial charge on any atom is -0.494 e. The summed E-state index contributed by atoms with van der Waals surface area (Å²) in [4.78, 5) is 0. The number of benzene rings is 1. The Morgan fingerprint density at radius 3 is 2.65 bits per heavy atom. The number of unbranched alkanes of at least 4 members (excludes halogenated alkanes) is 2. The van der Waals surface area contributed by atoms with E-state index in [-0.39, 0.29) is 0 Å². The highest BCUT2D eigenvalue weighted by Gasteiger charge is 1.99. The lowest BCUT2D eigenvalue weighted by molar-refractivity contribution is 0.305. The monoisotopic (exact) mass is 275 g/mol. The lowest BCUT2D eigenvalue weighted by atomic mass is 10.2. The first kappa shape index (κ1) is 14.6. The Kier molecular flexibility index (Phi) is 7.41. The van der Waals surface area contributed by atoms with Gasteiger partial charge in [0.1, 0.15) is 5.75 Å². The first-order chi connectivity index (χ1) is 8.24. The predicted molar refractivity (Wildman–Crippen MR) is 74.4 cm³/mol. The molecule has 96 valence electrons. The first-order valence-electron chi connectivity index (χ1n) is 6.02. The molecule has 0 aromatic heterocycles. The van der Waals surface area contributed by atoms with E-state index < -0.39 is 0 Å². The van der Waals surface area contributed by atoms with Crippen molar-refractivity contribution in [3.05, 3.63) is 28.2 Å². The van der Waals surface area contributed by atoms with E-state index in [1.165, 1.54) is 12.8 Å². The quantitative estimate of drug-likeness (QED) is 0.720. The van der Waals surface area contributed by atoms with E-state index in [9.17, 15) is 0 Å². The van der Waals surface area contributed by atoms with Gasteiger partial charge in [-0.25, -0.2) is 0 Å². The molecule has 0 bridgehead atoms. The molecule has 0 atom stereocenters. The molecule has 0 unspecified atom stereocenters. The molecule has 0 aliphatic carbocycles. The smallest absolute Gasteiger partial charge is 0.120 e. The minimum absolute atomic E-state index is 0.538. The third-order valence-corrected chi connectivity index (χ3v) is 3.15. The maximum atomic E-state index is 5.89. The van der Waals surface area contributed by atoms with Crippen LogP contribution in [0.1, 0.15) is 26.2 Å². The topological polar surface area (TPSA) is 21.3 Å². The maximum absolute atomic E-state index is 5.89. The fraction of sp³-hybridized carbons (Fsp3) is 0.538. The van der Waals surface area contributed by atoms with Crippen molar-refractivity contribution in [2.45, 2.75) is 26.2 Å². The molecule has 0 fully saturated rings. The zero-order valence-corrected chi connectivity index (χ0v) is 11.7. The van der Waals surface area contributed by atoms with Gasteiger partial charge in [0.2, 0.25) is 0 Å². The molecule has 1 aromatic carbocycles. The summed E-state index contributed by atoms with van der Waals surface area (Å²) in [5.41, 5.74) is 0. The van der Waals surface area contributed by atoms with E-state index in [1.54, 1.807) is 12.1 Å². The number of nitrogens with one attached hydrogen (secondary N) is 1. The second-order valence-corrected chi connectivity index (χ2v) is 4.65. The molecule has 0 saturated carbocycles. The van der Waals surface area contributed by atoms with E-state index >= 15 is 0 Å². The summed E-state index contributed by atoms with van der Waals surface area (Å²) in [7, 11) is 0. The van der Waals surface area contributed by atoms with Crippen LogP contribution in [0.5, 0.6) is 5.75 Å². The predicted octanol–water partition coefficient (Wildman–Crippen LogP) is 4.15. The van der Waals surface area contributed by atoms with E-state index in [0.29, 0.717) is 10.0 Å². The van der Waals surface area contributed by atoms with Crippen LogP contribution in [0.4, 0.5) is 0 Å². The molecule has 0 radical (unpaired) electrons. The Morgan fingerprint density at radius 2 is 1.94 bits per heavy atom. The normalized spacial score (nSPS) is 10.5. The molecule has 2 nitrogen and oxygen atoms in total. The second-order valence-electron chi connectivity index (χ2n) is 3.84. The van der Waals surface area contributed by atoms with Crippen molar-refractivity contribution in [1.82, 2.24) is 5.32 Å². The van der Waals surface area contributed by atoms with E-state index in [4.69, 9.17) is 27.9 Å². The van der Waals surface area contributed by atoms with E-state index in [2.05, 4.69) is 12.2 Å². The van der Waals surface area contributed by atoms with Crippen LogP contribution in [0.2, 0.25) is 10.0 Å². The Balaban J connectivity index is 2.11. The molecule has 0 spiro atoms. The Labute approximate surface area is 113 Å². The van der Waals surface area contributed by atoms with Crippen LogP contribution < -0.4 is 10.1 Å². The van der Waals surface area contributed by atoms with Crippen LogP contribution in [0.15, 0.2) is 18.2 Å². The van der Waals surface area contributed by atoms with Crippen molar-refractivity contribution < 1.29 is 4.74 Å². The average Bonchev–Trinajstić information content (AvgIpc) is 2.32. The highest BCUT2D eigenvalue weighted by Crippen LogP contribution is 2.26. The van der Waals surface area contributed by atoms with E-state index in [1.807, 2.05) is 6.07 Å². The average molecular weight is 276 g/mol. The van der Waals surface area contributed by atoms with Gasteiger partial charge >= 0.3 is 0 Å². The first-order valence-corrected chi connectivity index (χ1v) is 6.78. The summed E-state index contributed by atoms with van der Waals surface area (Å²) in [6.45, 7) is 4.97. The van der Waals surface area contributed by atoms with Crippen LogP contribution in [0.3, 0.4) is 0 Å². The molecule has 4 heteroatoms. The van der Waals surface area contributed by atoms with Gasteiger partial charge in [-0.05, 0) is 44.5 Å². The van der Waals surface area contributed by atoms with E-state index in [0.717, 1.165) is 31.9 Å². The Hall–Kier alpha value is -0.440. The summed E-state index contributed by atoms with van der Waals surface area (Å²) < 4.78 is 5.58. The van der Waals surface area contributed by atoms with Crippen LogP contribution in [0.25, 0.3) is 0 Å². The summed E-state index contributed by atoms with van der Waals surface area (Å²) >= 11 is 11.7. The van der Waals surface area contributed by atoms with Gasteiger partial charge in [0.15, 0.2) is 0 Å². The molecular formula is C13H19Cl2NO. The fourth-order valence-corrected chi connectivity index (χ4v) is 1.75. The molecule has 0 saturated heterocycles. The van der Waals surface area contributed by atoms with Gasteiger partial charge in [-0.15, -0.1) is 0 Å². The molecule has 0 aliphatic rings. The van der Waals surface area contributed by atoms with Gasteiger partial charge in [-0.2, -0.15) is 0 Å². The molecule has 1 rings (SSSR count). The summed E-state index contributed by atoms with van der Waals surface area (Å²) in [6, 6.07) is 5.35. The van der Waals surface area contributed by atoms with Crippen molar-refractivity contribution in [1.29, 1.82) is 0 Å². The minimum atomic E-state index is 0.538. The number of hydrogen-bond acceptors (Lipinski definition) is 2. The molecular weight excluding hydrogens is 257 g/mol. The van der Waals surface area contributed by atoms with Crippen molar-refractivity contribution in [2.75, 3.05) is 19.7 Å². The lowest BCUT2D eigenvalue weighted by Gasteiger charge is -2.07. The van der Waals surface area contributed by atoms with Gasteiger partial charge in [0.05, 0.1) is 16.7 Å². The Morgan fingerprint density at radius 1 is 1.12 bits per heavy atom. The second kappa shape index (κ2) is 8.62. The molecule has 17 heavy (non-hydrogen) atoms. The van der Waals surface area contributed by atoms with Crippen LogP contribution in [-0.2, 0) is 0 Å². The SMILES string of the molecule is CCNCCCCCOc1ccc(Cl)c(Cl)c1. The molecule has 0 heterocycles. The fourth-order valence-electron chi connectivity index (χ4n) is 1.46. The molecule has 1 N–H and O–H groups in total. The van der Waals surface area contributed by atoms with Crippen LogP contribution in [0, 0.1) is 0 Å². The summed E-state index contributed by atoms with van der Waals surface area (Å²) in [5, 5.41) is 4.40. The summed E-state index contributed by atoms with van der Waals surface area (Å²) in [6.07, 6.45) is 3.43. The van der Waals surface area contributed by atoms with Gasteiger partial charge in [-0.1, -0.05) is 30.1 Å². The standard InChI is InChI=1S/C13H19Cl2NO/c1-2-16-8-4-3-5-9-17-11-6-7-12(14)13(15)10-11/h6-7,10,16H,2-5,8-9H2,1H3. The lowest BCUT2D eigenvalue weighted by Crippen LogP contribution is -2.14. The Bertz CT molecular complexity index is 331. The molecule has 0 amide bonds. The summed E-state index contributed by atoms with van der Waals surface area (Å²) in [5.74, 6) is 0.783. The third-order valence-electron chi connectivity index (χ3n) is 2.41. The zero-order chi connectivity index (χ0) is 12.5. The molecule has 1 aromatic rings. The largest absolute Gasteiger partial charge is 0.494 e. The van der Waals surface area contributed by atoms with Crippen LogP contribution in [-0.4, -0.2) is 19.7 Å². The third kappa shape index (κ3) is 6.16. The van der Waals surface area contributed by atoms with Crippen molar-refractivity contribution in [3.63, 3.8) is 0 Å². The van der Waals surface area contributed by atoms with Crippen molar-refractivity contribution >= 4 is 23.2 Å². The van der Waals surface area contributed by atoms with Crippen molar-refractivity contribution in [3.8, 4) is 5.75 Å². The highest BCUT2D eigenvalue weighted by atomic mass is 35.5. The van der Waals surface area contributed by atoms with Gasteiger partial charge in [-0.3, -0.25) is 0 Å². The number of rotatable bonds is 8. The number of halogens is 2. The van der Waals surface area contributed by atoms with Gasteiger partial charge < -0.3 is 10.1 Å². The molecule has 0 aliphatic heterocycles. The zero-order valence-electron chi connectivity index (χ0n) is 10.1.